The number of morpholine rings is 1. The number of allylic oxidation sites excluding steroid dienone is 1. The maximum absolute atomic E-state index is 13.7. The lowest BCUT2D eigenvalue weighted by molar-refractivity contribution is -0.154. The highest BCUT2D eigenvalue weighted by Crippen LogP contribution is 2.35. The van der Waals surface area contributed by atoms with Gasteiger partial charge in [-0.3, -0.25) is 4.98 Å². The Morgan fingerprint density at radius 3 is 2.43 bits per heavy atom. The monoisotopic (exact) mass is 479 g/mol. The second-order valence-corrected chi connectivity index (χ2v) is 8.41. The zero-order valence-corrected chi connectivity index (χ0v) is 18.9. The van der Waals surface area contributed by atoms with Crippen LogP contribution in [0.2, 0.25) is 0 Å². The first-order valence-electron chi connectivity index (χ1n) is 11.3. The van der Waals surface area contributed by atoms with Gasteiger partial charge in [-0.2, -0.15) is 13.2 Å². The van der Waals surface area contributed by atoms with E-state index in [0.29, 0.717) is 19.6 Å². The van der Waals surface area contributed by atoms with Crippen molar-refractivity contribution in [3.8, 4) is 0 Å². The van der Waals surface area contributed by atoms with Gasteiger partial charge in [-0.25, -0.2) is 9.97 Å². The fraction of sp³-hybridized carbons (Fsp3) is 0.269. The lowest BCUT2D eigenvalue weighted by Crippen LogP contribution is -2.36. The summed E-state index contributed by atoms with van der Waals surface area (Å²) in [5.74, 6) is 0.109. The third-order valence-corrected chi connectivity index (χ3v) is 6.13. The number of ether oxygens (including phenoxy) is 1. The van der Waals surface area contributed by atoms with Crippen molar-refractivity contribution in [1.29, 1.82) is 0 Å². The number of nitrogens with one attached hydrogen (secondary N) is 1. The summed E-state index contributed by atoms with van der Waals surface area (Å²) in [6.45, 7) is 6.76. The summed E-state index contributed by atoms with van der Waals surface area (Å²) in [5.41, 5.74) is 4.86. The number of rotatable bonds is 6. The molecule has 1 saturated heterocycles. The van der Waals surface area contributed by atoms with E-state index >= 15 is 0 Å². The van der Waals surface area contributed by atoms with E-state index in [4.69, 9.17) is 4.74 Å². The number of hydrogen-bond donors (Lipinski definition) is 1. The van der Waals surface area contributed by atoms with E-state index in [-0.39, 0.29) is 17.1 Å². The van der Waals surface area contributed by atoms with Gasteiger partial charge in [-0.15, -0.1) is 0 Å². The summed E-state index contributed by atoms with van der Waals surface area (Å²) in [6.07, 6.45) is 3.38. The lowest BCUT2D eigenvalue weighted by Gasteiger charge is -2.29. The molecule has 5 rings (SSSR count). The van der Waals surface area contributed by atoms with Crippen LogP contribution in [0.4, 0.5) is 18.9 Å². The number of nitrogens with zero attached hydrogens (tertiary/aromatic N) is 4. The number of halogens is 3. The maximum Gasteiger partial charge on any atom is 0.412 e. The van der Waals surface area contributed by atoms with Gasteiger partial charge in [0.2, 0.25) is 0 Å². The van der Waals surface area contributed by atoms with Crippen molar-refractivity contribution in [3.63, 3.8) is 0 Å². The minimum Gasteiger partial charge on any atom is -0.378 e. The molecule has 0 saturated carbocycles. The van der Waals surface area contributed by atoms with E-state index in [1.165, 1.54) is 12.1 Å². The van der Waals surface area contributed by atoms with Crippen LogP contribution in [0.5, 0.6) is 0 Å². The molecule has 6 nitrogen and oxygen atoms in total. The summed E-state index contributed by atoms with van der Waals surface area (Å²) in [5, 5.41) is 2.45. The third kappa shape index (κ3) is 4.90. The summed E-state index contributed by atoms with van der Waals surface area (Å²) < 4.78 is 46.5. The molecule has 35 heavy (non-hydrogen) atoms. The van der Waals surface area contributed by atoms with Crippen LogP contribution < -0.4 is 10.2 Å². The van der Waals surface area contributed by atoms with Gasteiger partial charge in [0, 0.05) is 43.0 Å². The summed E-state index contributed by atoms with van der Waals surface area (Å²) in [6, 6.07) is 7.86. The predicted octanol–water partition coefficient (Wildman–Crippen LogP) is 4.56. The molecule has 1 fully saturated rings. The highest BCUT2D eigenvalue weighted by molar-refractivity contribution is 5.84. The van der Waals surface area contributed by atoms with Crippen LogP contribution >= 0.6 is 0 Å². The molecule has 0 unspecified atom stereocenters. The van der Waals surface area contributed by atoms with E-state index in [1.807, 2.05) is 6.20 Å². The van der Waals surface area contributed by atoms with Gasteiger partial charge in [0.05, 0.1) is 36.5 Å². The van der Waals surface area contributed by atoms with Crippen molar-refractivity contribution in [1.82, 2.24) is 20.3 Å². The maximum atomic E-state index is 13.7. The molecule has 0 spiro atoms. The average Bonchev–Trinajstić information content (AvgIpc) is 3.31. The largest absolute Gasteiger partial charge is 0.412 e. The second-order valence-electron chi connectivity index (χ2n) is 8.41. The van der Waals surface area contributed by atoms with Crippen molar-refractivity contribution in [2.45, 2.75) is 18.6 Å². The number of pyridine rings is 1. The van der Waals surface area contributed by atoms with Crippen LogP contribution in [0, 0.1) is 0 Å². The number of hydrogen-bond acceptors (Lipinski definition) is 6. The normalized spacial score (nSPS) is 16.4. The Morgan fingerprint density at radius 1 is 1.03 bits per heavy atom. The zero-order valence-electron chi connectivity index (χ0n) is 18.9. The van der Waals surface area contributed by atoms with Crippen LogP contribution in [0.25, 0.3) is 11.3 Å². The van der Waals surface area contributed by atoms with Crippen molar-refractivity contribution in [2.24, 2.45) is 0 Å². The van der Waals surface area contributed by atoms with Crippen molar-refractivity contribution in [2.75, 3.05) is 31.2 Å². The first kappa shape index (κ1) is 23.0. The van der Waals surface area contributed by atoms with Gasteiger partial charge in [-0.05, 0) is 17.2 Å². The molecule has 180 valence electrons. The average molecular weight is 480 g/mol. The molecular weight excluding hydrogens is 455 g/mol. The highest BCUT2D eigenvalue weighted by Gasteiger charge is 2.41. The molecule has 9 heteroatoms. The molecule has 0 amide bonds. The molecule has 1 aliphatic heterocycles. The van der Waals surface area contributed by atoms with E-state index in [9.17, 15) is 13.2 Å². The SMILES string of the molecule is C=C(N[C@H](c1ccccc1)C(F)(F)F)c1ncc(C2=CCc3ncc(N4CCOCC4)cc32)cn1. The zero-order chi connectivity index (χ0) is 24.4. The van der Waals surface area contributed by atoms with Crippen LogP contribution in [0.3, 0.4) is 0 Å². The Labute approximate surface area is 201 Å². The van der Waals surface area contributed by atoms with Crippen molar-refractivity contribution in [3.05, 3.63) is 95.9 Å². The standard InChI is InChI=1S/C26H24F3N5O/c1-17(33-24(26(27,28)29)18-5-3-2-4-6-18)25-31-14-19(15-32-25)21-7-8-23-22(21)13-20(16-30-23)34-9-11-35-12-10-34/h2-7,13-16,24,33H,1,8-12H2/t24-/m1/s1. The smallest absolute Gasteiger partial charge is 0.378 e. The van der Waals surface area contributed by atoms with Crippen LogP contribution in [-0.2, 0) is 11.2 Å². The molecule has 3 aromatic rings. The minimum atomic E-state index is -4.51. The van der Waals surface area contributed by atoms with Crippen LogP contribution in [-0.4, -0.2) is 47.4 Å². The highest BCUT2D eigenvalue weighted by atomic mass is 19.4. The van der Waals surface area contributed by atoms with Crippen molar-refractivity contribution >= 4 is 17.0 Å². The summed E-state index contributed by atoms with van der Waals surface area (Å²) in [4.78, 5) is 15.5. The molecule has 3 heterocycles. The van der Waals surface area contributed by atoms with Gasteiger partial charge in [0.1, 0.15) is 6.04 Å². The Kier molecular flexibility index (Phi) is 6.25. The number of aromatic nitrogens is 3. The molecule has 0 bridgehead atoms. The summed E-state index contributed by atoms with van der Waals surface area (Å²) in [7, 11) is 0. The molecule has 1 N–H and O–H groups in total. The van der Waals surface area contributed by atoms with Gasteiger partial charge >= 0.3 is 6.18 Å². The fourth-order valence-corrected chi connectivity index (χ4v) is 4.32. The molecule has 1 atom stereocenters. The fourth-order valence-electron chi connectivity index (χ4n) is 4.32. The number of anilines is 1. The van der Waals surface area contributed by atoms with Crippen LogP contribution in [0.1, 0.15) is 34.3 Å². The molecule has 2 aliphatic rings. The second kappa shape index (κ2) is 9.50. The van der Waals surface area contributed by atoms with E-state index < -0.39 is 12.2 Å². The molecule has 0 radical (unpaired) electrons. The Balaban J connectivity index is 1.34. The van der Waals surface area contributed by atoms with E-state index in [0.717, 1.165) is 41.2 Å². The Morgan fingerprint density at radius 2 is 1.74 bits per heavy atom. The van der Waals surface area contributed by atoms with Gasteiger partial charge in [0.15, 0.2) is 5.82 Å². The van der Waals surface area contributed by atoms with Gasteiger partial charge in [0.25, 0.3) is 0 Å². The Bertz CT molecular complexity index is 1240. The Hall–Kier alpha value is -3.72. The predicted molar refractivity (Wildman–Crippen MR) is 127 cm³/mol. The number of alkyl halides is 3. The number of benzene rings is 1. The van der Waals surface area contributed by atoms with E-state index in [1.54, 1.807) is 30.6 Å². The number of fused-ring (bicyclic) bond motifs is 1. The molecule has 1 aliphatic carbocycles. The minimum absolute atomic E-state index is 0.000185. The third-order valence-electron chi connectivity index (χ3n) is 6.13. The molecule has 2 aromatic heterocycles. The van der Waals surface area contributed by atoms with E-state index in [2.05, 4.69) is 43.9 Å². The van der Waals surface area contributed by atoms with Gasteiger partial charge in [-0.1, -0.05) is 43.0 Å². The first-order valence-corrected chi connectivity index (χ1v) is 11.3. The topological polar surface area (TPSA) is 63.2 Å². The van der Waals surface area contributed by atoms with Gasteiger partial charge < -0.3 is 15.0 Å². The van der Waals surface area contributed by atoms with Crippen molar-refractivity contribution < 1.29 is 17.9 Å². The van der Waals surface area contributed by atoms with Crippen LogP contribution in [0.15, 0.2) is 67.6 Å². The molecular formula is C26H24F3N5O. The lowest BCUT2D eigenvalue weighted by atomic mass is 10.0. The summed E-state index contributed by atoms with van der Waals surface area (Å²) >= 11 is 0. The molecule has 1 aromatic carbocycles. The quantitative estimate of drug-likeness (QED) is 0.559. The first-order chi connectivity index (χ1) is 16.9.